The van der Waals surface area contributed by atoms with Crippen LogP contribution < -0.4 is 14.8 Å². The minimum absolute atomic E-state index is 0.146. The van der Waals surface area contributed by atoms with E-state index in [1.54, 1.807) is 6.92 Å². The summed E-state index contributed by atoms with van der Waals surface area (Å²) in [7, 11) is 0. The van der Waals surface area contributed by atoms with E-state index in [1.807, 2.05) is 43.3 Å². The van der Waals surface area contributed by atoms with Crippen molar-refractivity contribution in [3.05, 3.63) is 59.2 Å². The summed E-state index contributed by atoms with van der Waals surface area (Å²) in [6, 6.07) is 13.9. The zero-order valence-electron chi connectivity index (χ0n) is 16.3. The second kappa shape index (κ2) is 9.27. The van der Waals surface area contributed by atoms with Crippen LogP contribution in [0.1, 0.15) is 43.4 Å². The number of carbonyl (C=O) groups excluding carboxylic acids is 1. The Kier molecular flexibility index (Phi) is 7.07. The summed E-state index contributed by atoms with van der Waals surface area (Å²) >= 11 is 0. The molecule has 2 aromatic carbocycles. The highest BCUT2D eigenvalue weighted by molar-refractivity contribution is 5.80. The molecule has 0 aliphatic rings. The van der Waals surface area contributed by atoms with Crippen LogP contribution in [0, 0.1) is 13.8 Å². The third kappa shape index (κ3) is 5.51. The summed E-state index contributed by atoms with van der Waals surface area (Å²) in [5.74, 6) is 1.80. The van der Waals surface area contributed by atoms with E-state index in [0.29, 0.717) is 19.1 Å². The first-order valence-corrected chi connectivity index (χ1v) is 9.12. The van der Waals surface area contributed by atoms with Crippen LogP contribution in [-0.4, -0.2) is 25.2 Å². The van der Waals surface area contributed by atoms with Gasteiger partial charge in [-0.1, -0.05) is 49.7 Å². The number of ether oxygens (including phenoxy) is 2. The molecule has 0 heterocycles. The van der Waals surface area contributed by atoms with Crippen molar-refractivity contribution >= 4 is 5.91 Å². The molecule has 0 bridgehead atoms. The summed E-state index contributed by atoms with van der Waals surface area (Å²) in [6.45, 7) is 10.9. The third-order valence-electron chi connectivity index (χ3n) is 4.20. The summed E-state index contributed by atoms with van der Waals surface area (Å²) in [5.41, 5.74) is 3.40. The van der Waals surface area contributed by atoms with E-state index in [-0.39, 0.29) is 5.91 Å². The third-order valence-corrected chi connectivity index (χ3v) is 4.20. The largest absolute Gasteiger partial charge is 0.491 e. The van der Waals surface area contributed by atoms with Crippen molar-refractivity contribution in [3.8, 4) is 11.5 Å². The molecule has 140 valence electrons. The normalized spacial score (nSPS) is 11.9. The fraction of sp³-hybridized carbons (Fsp3) is 0.409. The molecule has 2 aromatic rings. The molecular formula is C22H29NO3. The highest BCUT2D eigenvalue weighted by Crippen LogP contribution is 2.26. The molecule has 4 heteroatoms. The lowest BCUT2D eigenvalue weighted by Crippen LogP contribution is -2.38. The lowest BCUT2D eigenvalue weighted by molar-refractivity contribution is -0.127. The fourth-order valence-electron chi connectivity index (χ4n) is 2.75. The molecule has 0 aliphatic heterocycles. The first-order chi connectivity index (χ1) is 12.4. The molecule has 0 aliphatic carbocycles. The Morgan fingerprint density at radius 2 is 1.77 bits per heavy atom. The number of amides is 1. The van der Waals surface area contributed by atoms with Crippen molar-refractivity contribution in [3.63, 3.8) is 0 Å². The predicted molar refractivity (Wildman–Crippen MR) is 105 cm³/mol. The molecule has 1 N–H and O–H groups in total. The Morgan fingerprint density at radius 3 is 2.46 bits per heavy atom. The van der Waals surface area contributed by atoms with Crippen LogP contribution in [0.5, 0.6) is 11.5 Å². The van der Waals surface area contributed by atoms with Gasteiger partial charge in [0.25, 0.3) is 5.91 Å². The first-order valence-electron chi connectivity index (χ1n) is 9.12. The Hall–Kier alpha value is -2.49. The Labute approximate surface area is 156 Å². The van der Waals surface area contributed by atoms with Crippen LogP contribution in [0.4, 0.5) is 0 Å². The number of benzene rings is 2. The van der Waals surface area contributed by atoms with Crippen molar-refractivity contribution in [1.29, 1.82) is 0 Å². The second-order valence-corrected chi connectivity index (χ2v) is 6.86. The van der Waals surface area contributed by atoms with E-state index in [0.717, 1.165) is 22.6 Å². The Morgan fingerprint density at radius 1 is 1.04 bits per heavy atom. The van der Waals surface area contributed by atoms with Crippen molar-refractivity contribution in [2.75, 3.05) is 13.2 Å². The average Bonchev–Trinajstić information content (AvgIpc) is 2.60. The van der Waals surface area contributed by atoms with Crippen LogP contribution in [-0.2, 0) is 4.79 Å². The number of carbonyl (C=O) groups is 1. The van der Waals surface area contributed by atoms with Gasteiger partial charge < -0.3 is 14.8 Å². The number of nitrogens with one attached hydrogen (secondary N) is 1. The summed E-state index contributed by atoms with van der Waals surface area (Å²) in [5, 5.41) is 2.86. The van der Waals surface area contributed by atoms with Gasteiger partial charge in [-0.05, 0) is 49.9 Å². The fourth-order valence-corrected chi connectivity index (χ4v) is 2.75. The van der Waals surface area contributed by atoms with Crippen molar-refractivity contribution < 1.29 is 14.3 Å². The van der Waals surface area contributed by atoms with Gasteiger partial charge in [-0.25, -0.2) is 0 Å². The van der Waals surface area contributed by atoms with Crippen LogP contribution in [0.15, 0.2) is 42.5 Å². The number of rotatable bonds is 8. The van der Waals surface area contributed by atoms with E-state index in [2.05, 4.69) is 32.2 Å². The SMILES string of the molecule is Cc1ccc(OCCNC(=O)[C@@H](C)Oc2ccccc2C(C)C)c(C)c1. The quantitative estimate of drug-likeness (QED) is 0.715. The minimum Gasteiger partial charge on any atom is -0.491 e. The number of aryl methyl sites for hydroxylation is 2. The molecule has 0 saturated carbocycles. The van der Waals surface area contributed by atoms with Crippen molar-refractivity contribution in [1.82, 2.24) is 5.32 Å². The molecule has 1 atom stereocenters. The number of hydrogen-bond donors (Lipinski definition) is 1. The van der Waals surface area contributed by atoms with E-state index in [4.69, 9.17) is 9.47 Å². The van der Waals surface area contributed by atoms with Crippen LogP contribution in [0.3, 0.4) is 0 Å². The maximum absolute atomic E-state index is 12.3. The van der Waals surface area contributed by atoms with Crippen LogP contribution in [0.2, 0.25) is 0 Å². The van der Waals surface area contributed by atoms with Gasteiger partial charge in [0, 0.05) is 0 Å². The summed E-state index contributed by atoms with van der Waals surface area (Å²) in [6.07, 6.45) is -0.559. The van der Waals surface area contributed by atoms with Crippen molar-refractivity contribution in [2.24, 2.45) is 0 Å². The van der Waals surface area contributed by atoms with Gasteiger partial charge in [0.2, 0.25) is 0 Å². The first kappa shape index (κ1) is 19.8. The molecule has 0 saturated heterocycles. The molecule has 4 nitrogen and oxygen atoms in total. The van der Waals surface area contributed by atoms with E-state index >= 15 is 0 Å². The predicted octanol–water partition coefficient (Wildman–Crippen LogP) is 4.39. The highest BCUT2D eigenvalue weighted by atomic mass is 16.5. The van der Waals surface area contributed by atoms with Gasteiger partial charge in [-0.15, -0.1) is 0 Å². The summed E-state index contributed by atoms with van der Waals surface area (Å²) < 4.78 is 11.6. The molecule has 0 radical (unpaired) electrons. The standard InChI is InChI=1S/C22H29NO3/c1-15(2)19-8-6-7-9-21(19)26-18(5)22(24)23-12-13-25-20-11-10-16(3)14-17(20)4/h6-11,14-15,18H,12-13H2,1-5H3,(H,23,24)/t18-/m1/s1. The van der Waals surface area contributed by atoms with E-state index in [9.17, 15) is 4.79 Å². The van der Waals surface area contributed by atoms with E-state index in [1.165, 1.54) is 5.56 Å². The average molecular weight is 355 g/mol. The molecular weight excluding hydrogens is 326 g/mol. The highest BCUT2D eigenvalue weighted by Gasteiger charge is 2.16. The molecule has 1 amide bonds. The number of hydrogen-bond acceptors (Lipinski definition) is 3. The molecule has 0 spiro atoms. The monoisotopic (exact) mass is 355 g/mol. The maximum atomic E-state index is 12.3. The van der Waals surface area contributed by atoms with Gasteiger partial charge in [0.05, 0.1) is 6.54 Å². The van der Waals surface area contributed by atoms with Gasteiger partial charge in [-0.2, -0.15) is 0 Å². The number of para-hydroxylation sites is 1. The van der Waals surface area contributed by atoms with Crippen LogP contribution >= 0.6 is 0 Å². The zero-order valence-corrected chi connectivity index (χ0v) is 16.3. The second-order valence-electron chi connectivity index (χ2n) is 6.86. The molecule has 0 unspecified atom stereocenters. The van der Waals surface area contributed by atoms with Gasteiger partial charge in [-0.3, -0.25) is 4.79 Å². The molecule has 0 fully saturated rings. The smallest absolute Gasteiger partial charge is 0.260 e. The zero-order chi connectivity index (χ0) is 19.1. The molecule has 2 rings (SSSR count). The van der Waals surface area contributed by atoms with Gasteiger partial charge >= 0.3 is 0 Å². The maximum Gasteiger partial charge on any atom is 0.260 e. The van der Waals surface area contributed by atoms with Gasteiger partial charge in [0.15, 0.2) is 6.10 Å². The van der Waals surface area contributed by atoms with E-state index < -0.39 is 6.10 Å². The minimum atomic E-state index is -0.559. The van der Waals surface area contributed by atoms with Crippen molar-refractivity contribution in [2.45, 2.75) is 46.6 Å². The Balaban J connectivity index is 1.80. The topological polar surface area (TPSA) is 47.6 Å². The lowest BCUT2D eigenvalue weighted by atomic mass is 10.0. The van der Waals surface area contributed by atoms with Crippen LogP contribution in [0.25, 0.3) is 0 Å². The molecule has 0 aromatic heterocycles. The van der Waals surface area contributed by atoms with Gasteiger partial charge in [0.1, 0.15) is 18.1 Å². The Bertz CT molecular complexity index is 740. The lowest BCUT2D eigenvalue weighted by Gasteiger charge is -2.19. The summed E-state index contributed by atoms with van der Waals surface area (Å²) in [4.78, 5) is 12.3. The molecule has 26 heavy (non-hydrogen) atoms.